The van der Waals surface area contributed by atoms with Gasteiger partial charge in [0.1, 0.15) is 5.76 Å². The van der Waals surface area contributed by atoms with Gasteiger partial charge in [0.2, 0.25) is 0 Å². The molecule has 0 aromatic carbocycles. The van der Waals surface area contributed by atoms with E-state index < -0.39 is 0 Å². The molecule has 0 spiro atoms. The highest BCUT2D eigenvalue weighted by Gasteiger charge is 2.03. The van der Waals surface area contributed by atoms with Crippen LogP contribution in [0.15, 0.2) is 11.8 Å². The van der Waals surface area contributed by atoms with Crippen LogP contribution in [0.2, 0.25) is 0 Å². The Balaban J connectivity index is 2.36. The largest absolute Gasteiger partial charge is 0.345 e. The van der Waals surface area contributed by atoms with E-state index in [-0.39, 0.29) is 0 Å². The van der Waals surface area contributed by atoms with Gasteiger partial charge in [-0.3, -0.25) is 0 Å². The first-order valence-electron chi connectivity index (χ1n) is 2.44. The topological polar surface area (TPSA) is 29.5 Å². The van der Waals surface area contributed by atoms with Crippen LogP contribution in [0.4, 0.5) is 0 Å². The number of allylic oxidation sites excluding steroid dienone is 2. The molecular formula is C5H8O2. The predicted octanol–water partition coefficient (Wildman–Crippen LogP) is 1.54. The lowest BCUT2D eigenvalue weighted by molar-refractivity contribution is -0.204. The van der Waals surface area contributed by atoms with E-state index in [9.17, 15) is 0 Å². The van der Waals surface area contributed by atoms with Crippen LogP contribution in [0.3, 0.4) is 0 Å². The van der Waals surface area contributed by atoms with Crippen molar-refractivity contribution in [3.8, 4) is 0 Å². The molecule has 7 heavy (non-hydrogen) atoms. The molecule has 0 heterocycles. The Morgan fingerprint density at radius 2 is 2.57 bits per heavy atom. The third-order valence-corrected chi connectivity index (χ3v) is 1.12. The van der Waals surface area contributed by atoms with Gasteiger partial charge >= 0.3 is 0 Å². The summed E-state index contributed by atoms with van der Waals surface area (Å²) in [6.07, 6.45) is 4.97. The molecule has 1 N–H and O–H groups in total. The van der Waals surface area contributed by atoms with Gasteiger partial charge in [0.15, 0.2) is 0 Å². The molecule has 2 nitrogen and oxygen atoms in total. The van der Waals surface area contributed by atoms with Gasteiger partial charge in [0, 0.05) is 6.42 Å². The third kappa shape index (κ3) is 0.933. The lowest BCUT2D eigenvalue weighted by atomic mass is 10.4. The first-order valence-corrected chi connectivity index (χ1v) is 2.44. The van der Waals surface area contributed by atoms with Crippen molar-refractivity contribution < 1.29 is 10.1 Å². The smallest absolute Gasteiger partial charge is 0.138 e. The Kier molecular flexibility index (Phi) is 1.32. The van der Waals surface area contributed by atoms with E-state index in [1.54, 1.807) is 0 Å². The predicted molar refractivity (Wildman–Crippen MR) is 25.6 cm³/mol. The van der Waals surface area contributed by atoms with Crippen molar-refractivity contribution in [3.63, 3.8) is 0 Å². The van der Waals surface area contributed by atoms with Crippen LogP contribution in [-0.2, 0) is 4.89 Å². The minimum atomic E-state index is 0.722. The van der Waals surface area contributed by atoms with Crippen molar-refractivity contribution in [2.45, 2.75) is 19.3 Å². The average molecular weight is 100 g/mol. The fourth-order valence-electron chi connectivity index (χ4n) is 0.724. The maximum absolute atomic E-state index is 8.00. The molecular weight excluding hydrogens is 92.1 g/mol. The van der Waals surface area contributed by atoms with Crippen molar-refractivity contribution in [2.75, 3.05) is 0 Å². The van der Waals surface area contributed by atoms with Crippen LogP contribution in [0.25, 0.3) is 0 Å². The summed E-state index contributed by atoms with van der Waals surface area (Å²) in [7, 11) is 0. The molecule has 0 amide bonds. The SMILES string of the molecule is OOC1=CCCC1. The molecule has 0 atom stereocenters. The Bertz CT molecular complexity index is 86.1. The molecule has 0 saturated heterocycles. The van der Waals surface area contributed by atoms with Crippen LogP contribution >= 0.6 is 0 Å². The van der Waals surface area contributed by atoms with E-state index in [1.165, 1.54) is 0 Å². The molecule has 1 rings (SSSR count). The molecule has 0 saturated carbocycles. The Labute approximate surface area is 42.3 Å². The van der Waals surface area contributed by atoms with Crippen LogP contribution in [-0.4, -0.2) is 5.26 Å². The highest BCUT2D eigenvalue weighted by Crippen LogP contribution is 2.16. The van der Waals surface area contributed by atoms with E-state index in [0.717, 1.165) is 25.0 Å². The van der Waals surface area contributed by atoms with E-state index >= 15 is 0 Å². The van der Waals surface area contributed by atoms with Crippen molar-refractivity contribution in [1.82, 2.24) is 0 Å². The lowest BCUT2D eigenvalue weighted by Gasteiger charge is -1.90. The molecule has 40 valence electrons. The molecule has 1 aliphatic carbocycles. The van der Waals surface area contributed by atoms with Gasteiger partial charge < -0.3 is 4.89 Å². The van der Waals surface area contributed by atoms with Crippen LogP contribution in [0.1, 0.15) is 19.3 Å². The molecule has 1 aliphatic rings. The average Bonchev–Trinajstić information content (AvgIpc) is 2.14. The van der Waals surface area contributed by atoms with Gasteiger partial charge in [-0.15, -0.1) is 0 Å². The molecule has 0 aliphatic heterocycles. The summed E-state index contributed by atoms with van der Waals surface area (Å²) in [6.45, 7) is 0. The van der Waals surface area contributed by atoms with Gasteiger partial charge in [-0.2, -0.15) is 0 Å². The van der Waals surface area contributed by atoms with Crippen LogP contribution in [0.5, 0.6) is 0 Å². The minimum absolute atomic E-state index is 0.722. The lowest BCUT2D eigenvalue weighted by Crippen LogP contribution is -1.78. The van der Waals surface area contributed by atoms with E-state index in [2.05, 4.69) is 4.89 Å². The van der Waals surface area contributed by atoms with Gasteiger partial charge in [-0.05, 0) is 18.9 Å². The van der Waals surface area contributed by atoms with E-state index in [4.69, 9.17) is 5.26 Å². The van der Waals surface area contributed by atoms with Gasteiger partial charge in [0.25, 0.3) is 0 Å². The van der Waals surface area contributed by atoms with Crippen molar-refractivity contribution in [3.05, 3.63) is 11.8 Å². The maximum atomic E-state index is 8.00. The van der Waals surface area contributed by atoms with Gasteiger partial charge in [-0.25, -0.2) is 5.26 Å². The normalized spacial score (nSPS) is 19.3. The quantitative estimate of drug-likeness (QED) is 0.400. The van der Waals surface area contributed by atoms with Gasteiger partial charge in [-0.1, -0.05) is 0 Å². The van der Waals surface area contributed by atoms with E-state index in [1.807, 2.05) is 6.08 Å². The van der Waals surface area contributed by atoms with Crippen molar-refractivity contribution in [2.24, 2.45) is 0 Å². The fourth-order valence-corrected chi connectivity index (χ4v) is 0.724. The molecule has 0 aromatic heterocycles. The molecule has 0 bridgehead atoms. The van der Waals surface area contributed by atoms with Gasteiger partial charge in [0.05, 0.1) is 0 Å². The zero-order chi connectivity index (χ0) is 5.11. The summed E-state index contributed by atoms with van der Waals surface area (Å²) in [5, 5.41) is 8.00. The van der Waals surface area contributed by atoms with Crippen LogP contribution < -0.4 is 0 Å². The number of hydrogen-bond donors (Lipinski definition) is 1. The minimum Gasteiger partial charge on any atom is -0.345 e. The maximum Gasteiger partial charge on any atom is 0.138 e. The molecule has 0 radical (unpaired) electrons. The molecule has 2 heteroatoms. The van der Waals surface area contributed by atoms with Crippen molar-refractivity contribution in [1.29, 1.82) is 0 Å². The highest BCUT2D eigenvalue weighted by molar-refractivity contribution is 4.97. The molecule has 0 unspecified atom stereocenters. The zero-order valence-corrected chi connectivity index (χ0v) is 4.05. The van der Waals surface area contributed by atoms with Crippen molar-refractivity contribution >= 4 is 0 Å². The first-order chi connectivity index (χ1) is 3.43. The standard InChI is InChI=1S/C5H8O2/c6-7-5-3-1-2-4-5/h3,6H,1-2,4H2. The number of rotatable bonds is 1. The Hall–Kier alpha value is -0.500. The summed E-state index contributed by atoms with van der Waals surface area (Å²) in [5.41, 5.74) is 0. The molecule has 0 fully saturated rings. The van der Waals surface area contributed by atoms with Crippen LogP contribution in [0, 0.1) is 0 Å². The Morgan fingerprint density at radius 3 is 2.86 bits per heavy atom. The summed E-state index contributed by atoms with van der Waals surface area (Å²) < 4.78 is 0. The summed E-state index contributed by atoms with van der Waals surface area (Å²) in [4.78, 5) is 3.97. The Morgan fingerprint density at radius 1 is 1.71 bits per heavy atom. The molecule has 0 aromatic rings. The highest BCUT2D eigenvalue weighted by atomic mass is 17.1. The summed E-state index contributed by atoms with van der Waals surface area (Å²) in [5.74, 6) is 0.722. The summed E-state index contributed by atoms with van der Waals surface area (Å²) in [6, 6.07) is 0. The summed E-state index contributed by atoms with van der Waals surface area (Å²) >= 11 is 0. The second-order valence-corrected chi connectivity index (χ2v) is 1.65. The monoisotopic (exact) mass is 100 g/mol. The number of hydrogen-bond acceptors (Lipinski definition) is 2. The fraction of sp³-hybridized carbons (Fsp3) is 0.600. The third-order valence-electron chi connectivity index (χ3n) is 1.12. The first kappa shape index (κ1) is 4.65. The zero-order valence-electron chi connectivity index (χ0n) is 4.05. The second kappa shape index (κ2) is 1.98. The van der Waals surface area contributed by atoms with E-state index in [0.29, 0.717) is 0 Å². The second-order valence-electron chi connectivity index (χ2n) is 1.65.